The van der Waals surface area contributed by atoms with E-state index in [0.717, 1.165) is 42.4 Å². The summed E-state index contributed by atoms with van der Waals surface area (Å²) in [6.45, 7) is 5.91. The molecule has 208 valence electrons. The molecular formula is C31H37F2N3O3. The summed E-state index contributed by atoms with van der Waals surface area (Å²) >= 11 is 0. The Labute approximate surface area is 229 Å². The lowest BCUT2D eigenvalue weighted by Crippen LogP contribution is -2.49. The molecule has 1 fully saturated rings. The van der Waals surface area contributed by atoms with Crippen molar-refractivity contribution in [1.29, 1.82) is 0 Å². The maximum absolute atomic E-state index is 13.8. The molecule has 1 amide bonds. The van der Waals surface area contributed by atoms with Gasteiger partial charge in [0, 0.05) is 37.9 Å². The molecular weight excluding hydrogens is 500 g/mol. The van der Waals surface area contributed by atoms with Crippen molar-refractivity contribution in [2.45, 2.75) is 44.9 Å². The van der Waals surface area contributed by atoms with E-state index < -0.39 is 23.8 Å². The highest BCUT2D eigenvalue weighted by molar-refractivity contribution is 5.79. The third-order valence-corrected chi connectivity index (χ3v) is 6.95. The van der Waals surface area contributed by atoms with E-state index >= 15 is 0 Å². The van der Waals surface area contributed by atoms with Gasteiger partial charge in [-0.15, -0.1) is 0 Å². The van der Waals surface area contributed by atoms with Crippen molar-refractivity contribution in [3.63, 3.8) is 0 Å². The maximum atomic E-state index is 13.8. The fourth-order valence-corrected chi connectivity index (χ4v) is 4.82. The van der Waals surface area contributed by atoms with Crippen LogP contribution in [0.5, 0.6) is 0 Å². The zero-order chi connectivity index (χ0) is 27.6. The monoisotopic (exact) mass is 537 g/mol. The van der Waals surface area contributed by atoms with Crippen molar-refractivity contribution in [2.24, 2.45) is 0 Å². The molecule has 0 aliphatic carbocycles. The molecule has 3 aromatic carbocycles. The molecule has 0 aromatic heterocycles. The van der Waals surface area contributed by atoms with Crippen molar-refractivity contribution in [3.05, 3.63) is 101 Å². The Morgan fingerprint density at radius 2 is 1.64 bits per heavy atom. The number of nitrogens with zero attached hydrogens (tertiary/aromatic N) is 1. The molecule has 0 bridgehead atoms. The number of aliphatic hydroxyl groups is 1. The SMILES string of the molecule is CCc1cccc(CNC[C@@H](O)[C@H](Cc2cc(F)cc(F)c2)NC(=O)Cc2ccc(N3CCOCC3)cc2)c1. The van der Waals surface area contributed by atoms with Crippen LogP contribution in [0.4, 0.5) is 14.5 Å². The molecule has 0 radical (unpaired) electrons. The van der Waals surface area contributed by atoms with Crippen LogP contribution in [-0.2, 0) is 35.3 Å². The lowest BCUT2D eigenvalue weighted by Gasteiger charge is -2.29. The first-order chi connectivity index (χ1) is 18.9. The molecule has 0 saturated carbocycles. The molecule has 6 nitrogen and oxygen atoms in total. The number of aryl methyl sites for hydroxylation is 1. The number of carbonyl (C=O) groups excluding carboxylic acids is 1. The molecule has 0 unspecified atom stereocenters. The van der Waals surface area contributed by atoms with E-state index in [9.17, 15) is 18.7 Å². The number of hydrogen-bond donors (Lipinski definition) is 3. The van der Waals surface area contributed by atoms with Crippen molar-refractivity contribution in [1.82, 2.24) is 10.6 Å². The fraction of sp³-hybridized carbons (Fsp3) is 0.387. The van der Waals surface area contributed by atoms with Gasteiger partial charge in [-0.25, -0.2) is 8.78 Å². The molecule has 4 rings (SSSR count). The first-order valence-electron chi connectivity index (χ1n) is 13.5. The highest BCUT2D eigenvalue weighted by atomic mass is 19.1. The van der Waals surface area contributed by atoms with Gasteiger partial charge in [-0.2, -0.15) is 0 Å². The third-order valence-electron chi connectivity index (χ3n) is 6.95. The van der Waals surface area contributed by atoms with Gasteiger partial charge >= 0.3 is 0 Å². The van der Waals surface area contributed by atoms with Crippen molar-refractivity contribution < 1.29 is 23.4 Å². The Balaban J connectivity index is 1.38. The number of hydrogen-bond acceptors (Lipinski definition) is 5. The average molecular weight is 538 g/mol. The molecule has 39 heavy (non-hydrogen) atoms. The smallest absolute Gasteiger partial charge is 0.224 e. The van der Waals surface area contributed by atoms with E-state index in [1.165, 1.54) is 17.7 Å². The summed E-state index contributed by atoms with van der Waals surface area (Å²) in [4.78, 5) is 15.2. The fourth-order valence-electron chi connectivity index (χ4n) is 4.82. The number of benzene rings is 3. The van der Waals surface area contributed by atoms with E-state index in [0.29, 0.717) is 25.3 Å². The van der Waals surface area contributed by atoms with Crippen molar-refractivity contribution in [2.75, 3.05) is 37.7 Å². The molecule has 0 spiro atoms. The van der Waals surface area contributed by atoms with Crippen molar-refractivity contribution in [3.8, 4) is 0 Å². The normalized spacial score (nSPS) is 15.1. The second kappa shape index (κ2) is 14.2. The Morgan fingerprint density at radius 3 is 2.33 bits per heavy atom. The van der Waals surface area contributed by atoms with Gasteiger partial charge in [-0.1, -0.05) is 43.3 Å². The van der Waals surface area contributed by atoms with Gasteiger partial charge in [0.25, 0.3) is 0 Å². The zero-order valence-corrected chi connectivity index (χ0v) is 22.3. The quantitative estimate of drug-likeness (QED) is 0.328. The second-order valence-corrected chi connectivity index (χ2v) is 9.97. The average Bonchev–Trinajstić information content (AvgIpc) is 2.93. The highest BCUT2D eigenvalue weighted by Gasteiger charge is 2.23. The molecule has 1 saturated heterocycles. The molecule has 8 heteroatoms. The van der Waals surface area contributed by atoms with Crippen LogP contribution in [0.15, 0.2) is 66.7 Å². The van der Waals surface area contributed by atoms with E-state index in [1.807, 2.05) is 36.4 Å². The van der Waals surface area contributed by atoms with E-state index in [1.54, 1.807) is 0 Å². The lowest BCUT2D eigenvalue weighted by molar-refractivity contribution is -0.122. The van der Waals surface area contributed by atoms with Crippen LogP contribution >= 0.6 is 0 Å². The molecule has 1 aliphatic rings. The predicted molar refractivity (Wildman–Crippen MR) is 149 cm³/mol. The number of rotatable bonds is 12. The summed E-state index contributed by atoms with van der Waals surface area (Å²) in [7, 11) is 0. The number of carbonyl (C=O) groups is 1. The number of anilines is 1. The summed E-state index contributed by atoms with van der Waals surface area (Å²) in [6, 6.07) is 18.5. The second-order valence-electron chi connectivity index (χ2n) is 9.97. The number of ether oxygens (including phenoxy) is 1. The topological polar surface area (TPSA) is 73.8 Å². The van der Waals surface area contributed by atoms with Crippen LogP contribution in [0.3, 0.4) is 0 Å². The van der Waals surface area contributed by atoms with Crippen LogP contribution in [-0.4, -0.2) is 56.0 Å². The Morgan fingerprint density at radius 1 is 0.949 bits per heavy atom. The Kier molecular flexibility index (Phi) is 10.4. The van der Waals surface area contributed by atoms with Gasteiger partial charge in [-0.05, 0) is 59.4 Å². The summed E-state index contributed by atoms with van der Waals surface area (Å²) in [5.74, 6) is -1.66. The van der Waals surface area contributed by atoms with Gasteiger partial charge in [-0.3, -0.25) is 4.79 Å². The number of halogens is 2. The van der Waals surface area contributed by atoms with Crippen LogP contribution in [0.25, 0.3) is 0 Å². The molecule has 2 atom stereocenters. The van der Waals surface area contributed by atoms with Crippen LogP contribution in [0.1, 0.15) is 29.2 Å². The summed E-state index contributed by atoms with van der Waals surface area (Å²) in [5.41, 5.74) is 4.60. The van der Waals surface area contributed by atoms with E-state index in [2.05, 4.69) is 34.6 Å². The molecule has 1 heterocycles. The number of amides is 1. The first kappa shape index (κ1) is 28.7. The number of aliphatic hydroxyl groups excluding tert-OH is 1. The van der Waals surface area contributed by atoms with E-state index in [4.69, 9.17) is 4.74 Å². The summed E-state index contributed by atoms with van der Waals surface area (Å²) in [6.07, 6.45) is 0.176. The minimum Gasteiger partial charge on any atom is -0.390 e. The highest BCUT2D eigenvalue weighted by Crippen LogP contribution is 2.17. The molecule has 3 aromatic rings. The largest absolute Gasteiger partial charge is 0.390 e. The van der Waals surface area contributed by atoms with Crippen molar-refractivity contribution >= 4 is 11.6 Å². The summed E-state index contributed by atoms with van der Waals surface area (Å²) in [5, 5.41) is 17.1. The van der Waals surface area contributed by atoms with Crippen LogP contribution in [0, 0.1) is 11.6 Å². The maximum Gasteiger partial charge on any atom is 0.224 e. The minimum absolute atomic E-state index is 0.0879. The number of nitrogens with one attached hydrogen (secondary N) is 2. The van der Waals surface area contributed by atoms with Gasteiger partial charge in [0.2, 0.25) is 5.91 Å². The minimum atomic E-state index is -0.974. The molecule has 3 N–H and O–H groups in total. The zero-order valence-electron chi connectivity index (χ0n) is 22.3. The van der Waals surface area contributed by atoms with Gasteiger partial charge < -0.3 is 25.4 Å². The predicted octanol–water partition coefficient (Wildman–Crippen LogP) is 3.78. The Hall–Kier alpha value is -3.33. The standard InChI is InChI=1S/C31H37F2N3O3/c1-2-22-4-3-5-24(14-22)20-34-21-30(37)29(17-25-15-26(32)19-27(33)16-25)35-31(38)18-23-6-8-28(9-7-23)36-10-12-39-13-11-36/h3-9,14-16,19,29-30,34,37H,2,10-13,17-18,20-21H2,1H3,(H,35,38)/t29-,30+/m0/s1. The van der Waals surface area contributed by atoms with Crippen LogP contribution < -0.4 is 15.5 Å². The van der Waals surface area contributed by atoms with E-state index in [-0.39, 0.29) is 25.3 Å². The Bertz CT molecular complexity index is 1200. The lowest BCUT2D eigenvalue weighted by atomic mass is 10.00. The first-order valence-corrected chi connectivity index (χ1v) is 13.5. The van der Waals surface area contributed by atoms with Gasteiger partial charge in [0.15, 0.2) is 0 Å². The number of morpholine rings is 1. The van der Waals surface area contributed by atoms with Crippen LogP contribution in [0.2, 0.25) is 0 Å². The molecule has 1 aliphatic heterocycles. The van der Waals surface area contributed by atoms with Gasteiger partial charge in [0.05, 0.1) is 31.8 Å². The van der Waals surface area contributed by atoms with Gasteiger partial charge in [0.1, 0.15) is 11.6 Å². The summed E-state index contributed by atoms with van der Waals surface area (Å²) < 4.78 is 33.1. The third kappa shape index (κ3) is 8.85.